The molecule has 0 bridgehead atoms. The lowest BCUT2D eigenvalue weighted by Gasteiger charge is -2.31. The topological polar surface area (TPSA) is 40.6 Å². The number of carbonyl (C=O) groups excluding carboxylic acids is 2. The zero-order valence-corrected chi connectivity index (χ0v) is 16.3. The Morgan fingerprint density at radius 1 is 0.724 bits per heavy atom. The van der Waals surface area contributed by atoms with Crippen LogP contribution in [-0.2, 0) is 35.6 Å². The van der Waals surface area contributed by atoms with E-state index in [0.717, 1.165) is 23.1 Å². The highest BCUT2D eigenvalue weighted by Crippen LogP contribution is 2.19. The molecule has 29 heavy (non-hydrogen) atoms. The van der Waals surface area contributed by atoms with E-state index < -0.39 is 11.8 Å². The lowest BCUT2D eigenvalue weighted by molar-refractivity contribution is -0.153. The molecule has 0 radical (unpaired) electrons. The minimum atomic E-state index is -0.447. The van der Waals surface area contributed by atoms with Crippen molar-refractivity contribution in [3.63, 3.8) is 0 Å². The lowest BCUT2D eigenvalue weighted by Crippen LogP contribution is -2.46. The van der Waals surface area contributed by atoms with Crippen LogP contribution < -0.4 is 0 Å². The third-order valence-corrected chi connectivity index (χ3v) is 5.32. The van der Waals surface area contributed by atoms with Crippen LogP contribution in [0.5, 0.6) is 0 Å². The van der Waals surface area contributed by atoms with Crippen LogP contribution in [0.2, 0.25) is 0 Å². The molecule has 1 aliphatic rings. The van der Waals surface area contributed by atoms with Crippen LogP contribution in [0.15, 0.2) is 84.9 Å². The van der Waals surface area contributed by atoms with Crippen molar-refractivity contribution in [1.82, 2.24) is 9.80 Å². The van der Waals surface area contributed by atoms with Crippen molar-refractivity contribution in [3.05, 3.63) is 107 Å². The summed E-state index contributed by atoms with van der Waals surface area (Å²) in [5, 5.41) is 0. The minimum Gasteiger partial charge on any atom is -0.330 e. The maximum Gasteiger partial charge on any atom is 0.312 e. The van der Waals surface area contributed by atoms with Crippen LogP contribution >= 0.6 is 0 Å². The number of hydrogen-bond donors (Lipinski definition) is 0. The molecule has 1 heterocycles. The number of hydrogen-bond acceptors (Lipinski definition) is 2. The second-order valence-electron chi connectivity index (χ2n) is 7.38. The molecule has 4 heteroatoms. The Balaban J connectivity index is 1.53. The molecular formula is C25H24N2O2. The standard InChI is InChI=1S/C25H24N2O2/c28-24(26-16-15-22-13-7-8-14-23(22)19-26)25(29)27(17-20-9-3-1-4-10-20)18-21-11-5-2-6-12-21/h1-14H,15-19H2. The molecule has 0 N–H and O–H groups in total. The first-order valence-corrected chi connectivity index (χ1v) is 9.93. The average Bonchev–Trinajstić information content (AvgIpc) is 2.79. The van der Waals surface area contributed by atoms with Gasteiger partial charge in [-0.25, -0.2) is 0 Å². The Bertz CT molecular complexity index is 944. The van der Waals surface area contributed by atoms with Gasteiger partial charge in [-0.3, -0.25) is 9.59 Å². The molecule has 146 valence electrons. The van der Waals surface area contributed by atoms with E-state index in [4.69, 9.17) is 0 Å². The summed E-state index contributed by atoms with van der Waals surface area (Å²) in [5.41, 5.74) is 4.40. The first-order valence-electron chi connectivity index (χ1n) is 9.93. The van der Waals surface area contributed by atoms with Gasteiger partial charge in [0, 0.05) is 26.2 Å². The maximum absolute atomic E-state index is 13.2. The molecule has 0 aliphatic carbocycles. The first kappa shape index (κ1) is 18.9. The van der Waals surface area contributed by atoms with Gasteiger partial charge in [0.1, 0.15) is 0 Å². The van der Waals surface area contributed by atoms with Gasteiger partial charge in [-0.15, -0.1) is 0 Å². The number of nitrogens with zero attached hydrogens (tertiary/aromatic N) is 2. The van der Waals surface area contributed by atoms with Gasteiger partial charge < -0.3 is 9.80 Å². The van der Waals surface area contributed by atoms with Crippen molar-refractivity contribution in [2.24, 2.45) is 0 Å². The first-order chi connectivity index (χ1) is 14.2. The molecule has 4 nitrogen and oxygen atoms in total. The fourth-order valence-electron chi connectivity index (χ4n) is 3.75. The number of amides is 2. The van der Waals surface area contributed by atoms with Crippen LogP contribution in [0.1, 0.15) is 22.3 Å². The summed E-state index contributed by atoms with van der Waals surface area (Å²) in [6, 6.07) is 27.7. The lowest BCUT2D eigenvalue weighted by atomic mass is 10.00. The van der Waals surface area contributed by atoms with Crippen LogP contribution in [0.25, 0.3) is 0 Å². The van der Waals surface area contributed by atoms with Crippen molar-refractivity contribution in [2.75, 3.05) is 6.54 Å². The van der Waals surface area contributed by atoms with E-state index in [9.17, 15) is 9.59 Å². The van der Waals surface area contributed by atoms with Crippen LogP contribution in [-0.4, -0.2) is 28.2 Å². The van der Waals surface area contributed by atoms with Gasteiger partial charge in [0.2, 0.25) is 0 Å². The third-order valence-electron chi connectivity index (χ3n) is 5.32. The summed E-state index contributed by atoms with van der Waals surface area (Å²) in [4.78, 5) is 29.6. The number of fused-ring (bicyclic) bond motifs is 1. The molecule has 3 aromatic carbocycles. The van der Waals surface area contributed by atoms with Crippen LogP contribution in [0, 0.1) is 0 Å². The number of benzene rings is 3. The van der Waals surface area contributed by atoms with Crippen molar-refractivity contribution >= 4 is 11.8 Å². The molecule has 0 atom stereocenters. The van der Waals surface area contributed by atoms with Gasteiger partial charge in [0.05, 0.1) is 0 Å². The highest BCUT2D eigenvalue weighted by molar-refractivity contribution is 6.34. The highest BCUT2D eigenvalue weighted by atomic mass is 16.2. The van der Waals surface area contributed by atoms with Gasteiger partial charge in [-0.05, 0) is 28.7 Å². The average molecular weight is 384 g/mol. The van der Waals surface area contributed by atoms with Crippen molar-refractivity contribution in [3.8, 4) is 0 Å². The molecular weight excluding hydrogens is 360 g/mol. The zero-order chi connectivity index (χ0) is 20.1. The van der Waals surface area contributed by atoms with E-state index in [1.165, 1.54) is 5.56 Å². The van der Waals surface area contributed by atoms with E-state index in [1.54, 1.807) is 9.80 Å². The van der Waals surface area contributed by atoms with Gasteiger partial charge in [0.15, 0.2) is 0 Å². The van der Waals surface area contributed by atoms with Crippen molar-refractivity contribution in [2.45, 2.75) is 26.1 Å². The molecule has 0 spiro atoms. The zero-order valence-electron chi connectivity index (χ0n) is 16.3. The minimum absolute atomic E-state index is 0.407. The monoisotopic (exact) mass is 384 g/mol. The van der Waals surface area contributed by atoms with E-state index in [1.807, 2.05) is 78.9 Å². The largest absolute Gasteiger partial charge is 0.330 e. The fraction of sp³-hybridized carbons (Fsp3) is 0.200. The molecule has 0 aromatic heterocycles. The molecule has 0 fully saturated rings. The molecule has 2 amide bonds. The fourth-order valence-corrected chi connectivity index (χ4v) is 3.75. The summed E-state index contributed by atoms with van der Waals surface area (Å²) in [6.45, 7) is 1.88. The second kappa shape index (κ2) is 8.74. The van der Waals surface area contributed by atoms with Gasteiger partial charge in [-0.2, -0.15) is 0 Å². The maximum atomic E-state index is 13.2. The molecule has 3 aromatic rings. The summed E-state index contributed by atoms with van der Waals surface area (Å²) >= 11 is 0. The van der Waals surface area contributed by atoms with Crippen molar-refractivity contribution in [1.29, 1.82) is 0 Å². The molecule has 0 saturated heterocycles. The quantitative estimate of drug-likeness (QED) is 0.642. The Morgan fingerprint density at radius 3 is 1.83 bits per heavy atom. The van der Waals surface area contributed by atoms with E-state index in [0.29, 0.717) is 26.2 Å². The van der Waals surface area contributed by atoms with Gasteiger partial charge in [0.25, 0.3) is 0 Å². The number of rotatable bonds is 4. The van der Waals surface area contributed by atoms with E-state index in [2.05, 4.69) is 6.07 Å². The van der Waals surface area contributed by atoms with Gasteiger partial charge in [-0.1, -0.05) is 84.9 Å². The Morgan fingerprint density at radius 2 is 1.24 bits per heavy atom. The van der Waals surface area contributed by atoms with Crippen molar-refractivity contribution < 1.29 is 9.59 Å². The smallest absolute Gasteiger partial charge is 0.312 e. The Hall–Kier alpha value is -3.40. The van der Waals surface area contributed by atoms with Crippen LogP contribution in [0.3, 0.4) is 0 Å². The summed E-state index contributed by atoms with van der Waals surface area (Å²) in [6.07, 6.45) is 0.784. The normalized spacial score (nSPS) is 12.9. The molecule has 1 aliphatic heterocycles. The Kier molecular flexibility index (Phi) is 5.71. The summed E-state index contributed by atoms with van der Waals surface area (Å²) in [7, 11) is 0. The molecule has 0 unspecified atom stereocenters. The summed E-state index contributed by atoms with van der Waals surface area (Å²) < 4.78 is 0. The van der Waals surface area contributed by atoms with Crippen LogP contribution in [0.4, 0.5) is 0 Å². The SMILES string of the molecule is O=C(C(=O)N1CCc2ccccc2C1)N(Cc1ccccc1)Cc1ccccc1. The van der Waals surface area contributed by atoms with E-state index >= 15 is 0 Å². The number of carbonyl (C=O) groups is 2. The molecule has 0 saturated carbocycles. The van der Waals surface area contributed by atoms with E-state index in [-0.39, 0.29) is 0 Å². The summed E-state index contributed by atoms with van der Waals surface area (Å²) in [5.74, 6) is -0.872. The highest BCUT2D eigenvalue weighted by Gasteiger charge is 2.29. The second-order valence-corrected chi connectivity index (χ2v) is 7.38. The Labute approximate surface area is 171 Å². The van der Waals surface area contributed by atoms with Gasteiger partial charge >= 0.3 is 11.8 Å². The third kappa shape index (κ3) is 4.54. The predicted octanol–water partition coefficient (Wildman–Crippen LogP) is 3.80. The predicted molar refractivity (Wildman–Crippen MR) is 113 cm³/mol. The molecule has 4 rings (SSSR count).